The summed E-state index contributed by atoms with van der Waals surface area (Å²) in [5.41, 5.74) is -0.0520. The number of hydrogen-bond donors (Lipinski definition) is 1. The van der Waals surface area contributed by atoms with Crippen molar-refractivity contribution in [2.45, 2.75) is 230 Å². The van der Waals surface area contributed by atoms with Crippen LogP contribution in [0.15, 0.2) is 12.2 Å². The highest BCUT2D eigenvalue weighted by Crippen LogP contribution is 2.42. The standard InChI is InChI=1S/C43H78O5/c1-38(42(44)45)43(32-23-35-46-39-26-17-11-5-2-6-12-18-27-39,33-24-36-47-40-28-19-13-7-3-8-14-20-29-40)34-25-37-48-41-30-21-15-9-4-10-16-22-31-41/h39-41H,1-37H2,(H,44,45). The summed E-state index contributed by atoms with van der Waals surface area (Å²) in [6.45, 7) is 6.39. The van der Waals surface area contributed by atoms with Crippen molar-refractivity contribution in [3.63, 3.8) is 0 Å². The molecule has 0 aromatic heterocycles. The lowest BCUT2D eigenvalue weighted by atomic mass is 9.70. The number of carboxylic acids is 1. The molecule has 0 unspecified atom stereocenters. The Hall–Kier alpha value is -0.910. The topological polar surface area (TPSA) is 65.0 Å². The molecule has 0 spiro atoms. The molecular formula is C43H78O5. The summed E-state index contributed by atoms with van der Waals surface area (Å²) in [6, 6.07) is 0. The van der Waals surface area contributed by atoms with Crippen molar-refractivity contribution < 1.29 is 24.1 Å². The minimum absolute atomic E-state index is 0.358. The fraction of sp³-hybridized carbons (Fsp3) is 0.930. The minimum Gasteiger partial charge on any atom is -0.478 e. The van der Waals surface area contributed by atoms with Crippen LogP contribution in [0.4, 0.5) is 0 Å². The van der Waals surface area contributed by atoms with Gasteiger partial charge in [0.2, 0.25) is 0 Å². The van der Waals surface area contributed by atoms with E-state index in [1.807, 2.05) is 0 Å². The maximum Gasteiger partial charge on any atom is 0.331 e. The first-order chi connectivity index (χ1) is 23.6. The minimum atomic E-state index is -0.843. The van der Waals surface area contributed by atoms with Crippen LogP contribution in [-0.2, 0) is 19.0 Å². The second-order valence-electron chi connectivity index (χ2n) is 16.0. The molecule has 3 aliphatic carbocycles. The lowest BCUT2D eigenvalue weighted by Gasteiger charge is -2.35. The van der Waals surface area contributed by atoms with Crippen molar-refractivity contribution in [1.82, 2.24) is 0 Å². The molecule has 3 fully saturated rings. The van der Waals surface area contributed by atoms with Gasteiger partial charge in [0.1, 0.15) is 0 Å². The zero-order valence-electron chi connectivity index (χ0n) is 31.5. The van der Waals surface area contributed by atoms with E-state index in [9.17, 15) is 9.90 Å². The van der Waals surface area contributed by atoms with Crippen LogP contribution < -0.4 is 0 Å². The Morgan fingerprint density at radius 2 is 0.688 bits per heavy atom. The Morgan fingerprint density at radius 3 is 0.917 bits per heavy atom. The average molecular weight is 675 g/mol. The molecule has 0 aromatic rings. The van der Waals surface area contributed by atoms with Gasteiger partial charge >= 0.3 is 5.97 Å². The van der Waals surface area contributed by atoms with Crippen molar-refractivity contribution in [3.8, 4) is 0 Å². The Bertz CT molecular complexity index is 697. The van der Waals surface area contributed by atoms with Gasteiger partial charge in [-0.1, -0.05) is 141 Å². The van der Waals surface area contributed by atoms with Crippen LogP contribution in [0.5, 0.6) is 0 Å². The predicted octanol–water partition coefficient (Wildman–Crippen LogP) is 12.7. The van der Waals surface area contributed by atoms with Gasteiger partial charge in [0.15, 0.2) is 0 Å². The molecule has 3 rings (SSSR count). The fourth-order valence-corrected chi connectivity index (χ4v) is 8.85. The maximum atomic E-state index is 12.6. The van der Waals surface area contributed by atoms with Gasteiger partial charge in [0.25, 0.3) is 0 Å². The third kappa shape index (κ3) is 18.4. The van der Waals surface area contributed by atoms with Gasteiger partial charge in [-0.25, -0.2) is 4.79 Å². The maximum absolute atomic E-state index is 12.6. The molecule has 0 radical (unpaired) electrons. The number of ether oxygens (including phenoxy) is 3. The Labute approximate surface area is 297 Å². The molecule has 0 aromatic carbocycles. The summed E-state index contributed by atoms with van der Waals surface area (Å²) in [7, 11) is 0. The third-order valence-corrected chi connectivity index (χ3v) is 12.0. The van der Waals surface area contributed by atoms with E-state index in [-0.39, 0.29) is 0 Å². The normalized spacial score (nSPS) is 21.8. The van der Waals surface area contributed by atoms with Gasteiger partial charge in [0.05, 0.1) is 18.3 Å². The van der Waals surface area contributed by atoms with Crippen LogP contribution in [0.3, 0.4) is 0 Å². The van der Waals surface area contributed by atoms with Crippen molar-refractivity contribution in [3.05, 3.63) is 12.2 Å². The van der Waals surface area contributed by atoms with Gasteiger partial charge in [0, 0.05) is 30.8 Å². The molecule has 48 heavy (non-hydrogen) atoms. The van der Waals surface area contributed by atoms with Crippen LogP contribution in [0.1, 0.15) is 212 Å². The number of carbonyl (C=O) groups is 1. The fourth-order valence-electron chi connectivity index (χ4n) is 8.85. The Kier molecular flexibility index (Phi) is 23.2. The third-order valence-electron chi connectivity index (χ3n) is 12.0. The van der Waals surface area contributed by atoms with Crippen molar-refractivity contribution in [2.24, 2.45) is 5.41 Å². The van der Waals surface area contributed by atoms with Crippen LogP contribution in [0, 0.1) is 5.41 Å². The van der Waals surface area contributed by atoms with E-state index < -0.39 is 11.4 Å². The van der Waals surface area contributed by atoms with E-state index in [2.05, 4.69) is 6.58 Å². The van der Waals surface area contributed by atoms with Gasteiger partial charge in [-0.3, -0.25) is 0 Å². The highest BCUT2D eigenvalue weighted by atomic mass is 16.5. The van der Waals surface area contributed by atoms with E-state index in [0.717, 1.165) is 58.3 Å². The lowest BCUT2D eigenvalue weighted by molar-refractivity contribution is -0.134. The first-order valence-corrected chi connectivity index (χ1v) is 21.4. The zero-order valence-corrected chi connectivity index (χ0v) is 31.5. The van der Waals surface area contributed by atoms with Gasteiger partial charge in [-0.05, 0) is 77.0 Å². The summed E-state index contributed by atoms with van der Waals surface area (Å²) < 4.78 is 19.5. The zero-order chi connectivity index (χ0) is 34.0. The number of carboxylic acid groups (broad SMARTS) is 1. The Balaban J connectivity index is 1.57. The van der Waals surface area contributed by atoms with Crippen LogP contribution in [-0.4, -0.2) is 49.2 Å². The average Bonchev–Trinajstić information content (AvgIpc) is 3.10. The molecule has 5 nitrogen and oxygen atoms in total. The first kappa shape index (κ1) is 41.5. The molecular weight excluding hydrogens is 596 g/mol. The molecule has 5 heteroatoms. The molecule has 0 aliphatic heterocycles. The van der Waals surface area contributed by atoms with Crippen molar-refractivity contribution in [2.75, 3.05) is 19.8 Å². The second-order valence-corrected chi connectivity index (χ2v) is 16.0. The Morgan fingerprint density at radius 1 is 0.458 bits per heavy atom. The highest BCUT2D eigenvalue weighted by Gasteiger charge is 2.36. The smallest absolute Gasteiger partial charge is 0.331 e. The molecule has 0 heterocycles. The molecule has 0 bridgehead atoms. The number of hydrogen-bond acceptors (Lipinski definition) is 4. The SMILES string of the molecule is C=C(C(=O)O)C(CCCOC1CCCCCCCCC1)(CCCOC1CCCCCCCCC1)CCCOC1CCCCCCCCC1. The van der Waals surface area contributed by atoms with E-state index in [1.165, 1.54) is 173 Å². The van der Waals surface area contributed by atoms with E-state index in [1.54, 1.807) is 0 Å². The summed E-state index contributed by atoms with van der Waals surface area (Å²) in [5, 5.41) is 10.3. The summed E-state index contributed by atoms with van der Waals surface area (Å²) >= 11 is 0. The van der Waals surface area contributed by atoms with Gasteiger partial charge in [-0.2, -0.15) is 0 Å². The summed E-state index contributed by atoms with van der Waals surface area (Å²) in [5.74, 6) is -0.843. The van der Waals surface area contributed by atoms with Gasteiger partial charge in [-0.15, -0.1) is 0 Å². The van der Waals surface area contributed by atoms with Crippen molar-refractivity contribution in [1.29, 1.82) is 0 Å². The molecule has 280 valence electrons. The molecule has 3 saturated carbocycles. The molecule has 1 N–H and O–H groups in total. The monoisotopic (exact) mass is 675 g/mol. The molecule has 0 amide bonds. The van der Waals surface area contributed by atoms with E-state index in [0.29, 0.717) is 23.9 Å². The van der Waals surface area contributed by atoms with Crippen LogP contribution in [0.25, 0.3) is 0 Å². The van der Waals surface area contributed by atoms with Crippen LogP contribution in [0.2, 0.25) is 0 Å². The lowest BCUT2D eigenvalue weighted by Crippen LogP contribution is -2.30. The number of aliphatic carboxylic acids is 1. The largest absolute Gasteiger partial charge is 0.478 e. The molecule has 3 aliphatic rings. The highest BCUT2D eigenvalue weighted by molar-refractivity contribution is 5.87. The summed E-state index contributed by atoms with van der Waals surface area (Å²) in [4.78, 5) is 12.6. The number of rotatable bonds is 17. The predicted molar refractivity (Wildman–Crippen MR) is 201 cm³/mol. The summed E-state index contributed by atoms with van der Waals surface area (Å²) in [6.07, 6.45) is 41.1. The second kappa shape index (κ2) is 26.8. The van der Waals surface area contributed by atoms with E-state index in [4.69, 9.17) is 14.2 Å². The van der Waals surface area contributed by atoms with E-state index >= 15 is 0 Å². The van der Waals surface area contributed by atoms with Gasteiger partial charge < -0.3 is 19.3 Å². The molecule has 0 saturated heterocycles. The van der Waals surface area contributed by atoms with Crippen LogP contribution >= 0.6 is 0 Å². The molecule has 0 atom stereocenters. The quantitative estimate of drug-likeness (QED) is 0.123. The first-order valence-electron chi connectivity index (χ1n) is 21.4. The van der Waals surface area contributed by atoms with Crippen molar-refractivity contribution >= 4 is 5.97 Å².